The Kier molecular flexibility index (Phi) is 64.9. The lowest BCUT2D eigenvalue weighted by Gasteiger charge is -2.04. The van der Waals surface area contributed by atoms with Crippen molar-refractivity contribution in [3.05, 3.63) is 369 Å². The monoisotopic (exact) mass is 2510 g/mol. The van der Waals surface area contributed by atoms with Crippen LogP contribution in [0.15, 0.2) is 280 Å². The first kappa shape index (κ1) is 130. The van der Waals surface area contributed by atoms with Gasteiger partial charge in [-0.25, -0.2) is 8.78 Å². The number of aliphatic imine (C=N–C) groups is 9. The van der Waals surface area contributed by atoms with E-state index in [2.05, 4.69) is 199 Å². The van der Waals surface area contributed by atoms with Crippen molar-refractivity contribution in [2.24, 2.45) is 102 Å². The van der Waals surface area contributed by atoms with Gasteiger partial charge in [-0.05, 0) is 147 Å². The van der Waals surface area contributed by atoms with Crippen LogP contribution in [-0.2, 0) is 5.75 Å². The fraction of sp³-hybridized carbons (Fsp3) is 0.126. The molecule has 0 saturated heterocycles. The molecule has 146 heavy (non-hydrogen) atoms. The van der Waals surface area contributed by atoms with Gasteiger partial charge in [-0.2, -0.15) is 0 Å². The average Bonchev–Trinajstić information content (AvgIpc) is 0.845. The number of halogens is 12. The Bertz CT molecular complexity index is 6120. The SMILES string of the molecule is Cc1cccc(C)c1C=NCC(N)=S.N=C(N)CN=Cc1c(Br)cccc1Br.N=C(N)CN=Cc1c(Br)cccc1[N+](=O)[O-].N=C(N)CN=Cc1c(Cl)cccc1Cl.N=C(N)CN=Cc1c(F)cccc1[N+](=O)[O-].N=C(N)SCc1c(Cl)cccc1Cl.NC(=S)CN=Cc1c(Br)cccc1Br.NC(=S)CN=Cc1c(Cl)cccc1[N+](=O)[O-].NC(=S)CN=Cc1ccc2ccccc2c1.NC(=S)CN=Cc1ccccc1F. The second-order valence-electron chi connectivity index (χ2n) is 28.1. The molecule has 0 heterocycles. The Morgan fingerprint density at radius 1 is 0.329 bits per heavy atom. The molecule has 11 aromatic rings. The number of thioether (sulfide) groups is 1. The Labute approximate surface area is 938 Å². The molecule has 766 valence electrons. The van der Waals surface area contributed by atoms with Gasteiger partial charge < -0.3 is 57.3 Å². The van der Waals surface area contributed by atoms with E-state index in [-0.39, 0.29) is 112 Å². The van der Waals surface area contributed by atoms with Gasteiger partial charge in [0.15, 0.2) is 5.17 Å². The Hall–Kier alpha value is -12.2. The van der Waals surface area contributed by atoms with Gasteiger partial charge >= 0.3 is 0 Å². The van der Waals surface area contributed by atoms with Gasteiger partial charge in [0, 0.05) is 135 Å². The maximum atomic E-state index is 13.3. The summed E-state index contributed by atoms with van der Waals surface area (Å²) in [5.41, 5.74) is 60.6. The summed E-state index contributed by atoms with van der Waals surface area (Å²) < 4.78 is 30.7. The van der Waals surface area contributed by atoms with Crippen LogP contribution in [0.25, 0.3) is 10.8 Å². The highest BCUT2D eigenvalue weighted by atomic mass is 79.9. The van der Waals surface area contributed by atoms with E-state index in [0.29, 0.717) is 86.6 Å². The molecule has 0 atom stereocenters. The number of thiocarbonyl (C=S) groups is 5. The average molecular weight is 2520 g/mol. The summed E-state index contributed by atoms with van der Waals surface area (Å²) in [4.78, 5) is 67.6. The number of nitro benzene ring substituents is 3. The van der Waals surface area contributed by atoms with Gasteiger partial charge in [-0.15, -0.1) is 0 Å². The molecule has 0 amide bonds. The van der Waals surface area contributed by atoms with Gasteiger partial charge in [0.25, 0.3) is 17.1 Å². The molecule has 11 rings (SSSR count). The predicted molar refractivity (Wildman–Crippen MR) is 642 cm³/mol. The van der Waals surface area contributed by atoms with Crippen LogP contribution in [0.4, 0.5) is 25.8 Å². The largest absolute Gasteiger partial charge is 0.392 e. The molecule has 11 aromatic carbocycles. The van der Waals surface area contributed by atoms with Crippen LogP contribution < -0.4 is 57.3 Å². The topological polar surface area (TPSA) is 620 Å². The van der Waals surface area contributed by atoms with E-state index in [1.54, 1.807) is 91.4 Å². The lowest BCUT2D eigenvalue weighted by atomic mass is 10.0. The summed E-state index contributed by atoms with van der Waals surface area (Å²) in [6, 6.07) is 61.7. The normalized spacial score (nSPS) is 10.6. The van der Waals surface area contributed by atoms with Crippen molar-refractivity contribution in [1.82, 2.24) is 0 Å². The van der Waals surface area contributed by atoms with Gasteiger partial charge in [-0.1, -0.05) is 310 Å². The van der Waals surface area contributed by atoms with Gasteiger partial charge in [0.1, 0.15) is 40.5 Å². The summed E-state index contributed by atoms with van der Waals surface area (Å²) in [5, 5.41) is 71.9. The molecule has 33 nitrogen and oxygen atoms in total. The first-order chi connectivity index (χ1) is 69.1. The number of nitrogens with one attached hydrogen (secondary N) is 5. The van der Waals surface area contributed by atoms with Crippen LogP contribution in [0.1, 0.15) is 66.8 Å². The Balaban J connectivity index is 0.000000549. The summed E-state index contributed by atoms with van der Waals surface area (Å²) in [6.45, 7) is 6.01. The van der Waals surface area contributed by atoms with Crippen molar-refractivity contribution in [3.63, 3.8) is 0 Å². The Morgan fingerprint density at radius 2 is 0.616 bits per heavy atom. The molecule has 0 saturated carbocycles. The maximum absolute atomic E-state index is 13.3. The summed E-state index contributed by atoms with van der Waals surface area (Å²) in [6.07, 6.45) is 13.7. The highest BCUT2D eigenvalue weighted by Crippen LogP contribution is 2.31. The van der Waals surface area contributed by atoms with E-state index in [1.165, 1.54) is 94.9 Å². The van der Waals surface area contributed by atoms with Crippen LogP contribution in [0.2, 0.25) is 25.1 Å². The number of nitrogens with two attached hydrogens (primary N) is 10. The van der Waals surface area contributed by atoms with Crippen molar-refractivity contribution >= 4 is 348 Å². The fourth-order valence-electron chi connectivity index (χ4n) is 10.2. The minimum atomic E-state index is -0.735. The molecular formula is C95H95Br5Cl5F2N27O6S6. The Morgan fingerprint density at radius 3 is 1.02 bits per heavy atom. The lowest BCUT2D eigenvalue weighted by Crippen LogP contribution is -2.13. The van der Waals surface area contributed by atoms with Crippen LogP contribution >= 0.6 is 211 Å². The number of aryl methyl sites for hydroxylation is 2. The van der Waals surface area contributed by atoms with Gasteiger partial charge in [-0.3, -0.25) is 102 Å². The minimum Gasteiger partial charge on any atom is -0.392 e. The summed E-state index contributed by atoms with van der Waals surface area (Å²) in [5.74, 6) is -0.723. The van der Waals surface area contributed by atoms with Crippen molar-refractivity contribution in [2.45, 2.75) is 19.6 Å². The zero-order valence-corrected chi connectivity index (χ0v) is 93.7. The summed E-state index contributed by atoms with van der Waals surface area (Å²) >= 11 is 70.9. The molecule has 0 aliphatic carbocycles. The minimum absolute atomic E-state index is 0.00410. The number of nitro groups is 3. The zero-order chi connectivity index (χ0) is 110. The van der Waals surface area contributed by atoms with Crippen LogP contribution in [0.3, 0.4) is 0 Å². The first-order valence-corrected chi connectivity index (χ1v) is 50.0. The first-order valence-electron chi connectivity index (χ1n) is 41.1. The quantitative estimate of drug-likeness (QED) is 0.00612. The van der Waals surface area contributed by atoms with E-state index in [0.717, 1.165) is 58.0 Å². The highest BCUT2D eigenvalue weighted by molar-refractivity contribution is 9.11. The standard InChI is InChI=1S/C13H12N2S.C11H14N2S.C9H9Br2N3.C9H8Br2N2S.C9H9BrN4O2.C9H9Cl2N3.C9H8ClN3O2S.C9H9FN4O2.C9H9FN2S.C8H8Cl2N2S/c14-13(16)9-15-8-10-5-6-11-3-1-2-4-12(11)7-10;1-8-4-3-5-9(2)10(8)6-13-7-11(12)14;10-7-2-1-3-8(11)6(7)4-14-5-9(12)13;10-7-2-1-3-8(11)6(7)4-13-5-9(12)14;10-7-2-1-3-8(14(15)16)6(7)4-13-5-9(11)12;10-7-2-1-3-8(11)6(7)4-14-5-9(12)13;10-7-2-1-3-8(13(14)15)6(7)4-12-5-9(11)16;10-7-2-1-3-8(14(15)16)6(7)4-13-5-9(11)12;10-8-4-2-1-3-7(8)5-12-6-9(11)13;9-6-2-1-3-7(10)5(6)4-13-8(11)12/h1-8H,9H2,(H2,14,16);3-6H,7H2,1-2H3,(H2,12,14);1-4H,5H2,(H3,12,13);1-4H,5H2,(H2,12,14);1-4H,5H2,(H3,11,12);1-4H,5H2,(H3,12,13);1-4H,5H2,(H2,11,16);1-4H,5H2,(H3,11,12);1-5H,6H2,(H2,11,13);1-3H,4H2,(H3,11,12). The lowest BCUT2D eigenvalue weighted by molar-refractivity contribution is -0.385. The highest BCUT2D eigenvalue weighted by Gasteiger charge is 2.18. The second-order valence-corrected chi connectivity index (χ2v) is 38.1. The smallest absolute Gasteiger partial charge is 0.281 e. The van der Waals surface area contributed by atoms with Crippen LogP contribution in [0.5, 0.6) is 0 Å². The number of hydrogen-bond donors (Lipinski definition) is 15. The molecule has 0 aromatic heterocycles. The van der Waals surface area contributed by atoms with Crippen molar-refractivity contribution in [1.29, 1.82) is 27.0 Å². The number of fused-ring (bicyclic) bond motifs is 1. The number of hydrogen-bond acceptors (Lipinski definition) is 26. The van der Waals surface area contributed by atoms with Crippen molar-refractivity contribution in [3.8, 4) is 0 Å². The van der Waals surface area contributed by atoms with Crippen LogP contribution in [-0.4, -0.2) is 183 Å². The third kappa shape index (κ3) is 55.4. The number of benzene rings is 11. The molecule has 0 unspecified atom stereocenters. The molecule has 0 aliphatic rings. The van der Waals surface area contributed by atoms with Gasteiger partial charge in [0.05, 0.1) is 125 Å². The predicted octanol–water partition coefficient (Wildman–Crippen LogP) is 21.8. The number of rotatable bonds is 32. The molecular weight excluding hydrogens is 2420 g/mol. The van der Waals surface area contributed by atoms with E-state index < -0.39 is 20.6 Å². The van der Waals surface area contributed by atoms with Crippen molar-refractivity contribution in [2.75, 3.05) is 58.9 Å². The molecule has 25 N–H and O–H groups in total. The molecule has 0 spiro atoms. The van der Waals surface area contributed by atoms with E-state index in [9.17, 15) is 39.1 Å². The molecule has 0 fully saturated rings. The van der Waals surface area contributed by atoms with Crippen LogP contribution in [0, 0.1) is 82.9 Å². The number of amidine groups is 5. The maximum Gasteiger partial charge on any atom is 0.281 e. The number of nitrogens with zero attached hydrogens (tertiary/aromatic N) is 12. The zero-order valence-electron chi connectivity index (χ0n) is 77.0. The molecule has 51 heteroatoms. The van der Waals surface area contributed by atoms with Gasteiger partial charge in [0.2, 0.25) is 0 Å². The molecule has 0 radical (unpaired) electrons. The summed E-state index contributed by atoms with van der Waals surface area (Å²) in [7, 11) is 0. The third-order valence-corrected chi connectivity index (χ3v) is 23.2. The van der Waals surface area contributed by atoms with E-state index in [4.69, 9.17) is 179 Å². The van der Waals surface area contributed by atoms with E-state index in [1.807, 2.05) is 66.9 Å². The second kappa shape index (κ2) is 72.9. The van der Waals surface area contributed by atoms with Crippen molar-refractivity contribution < 1.29 is 23.6 Å². The van der Waals surface area contributed by atoms with E-state index >= 15 is 0 Å². The molecule has 0 bridgehead atoms. The molecule has 0 aliphatic heterocycles. The third-order valence-electron chi connectivity index (χ3n) is 16.6. The fourth-order valence-corrected chi connectivity index (χ4v) is 15.4.